The van der Waals surface area contributed by atoms with Crippen LogP contribution in [0.2, 0.25) is 0 Å². The van der Waals surface area contributed by atoms with Gasteiger partial charge in [-0.2, -0.15) is 4.98 Å². The topological polar surface area (TPSA) is 120 Å². The number of rotatable bonds is 8. The lowest BCUT2D eigenvalue weighted by Gasteiger charge is -2.04. The second-order valence-corrected chi connectivity index (χ2v) is 7.59. The Morgan fingerprint density at radius 3 is 2.62 bits per heavy atom. The summed E-state index contributed by atoms with van der Waals surface area (Å²) in [4.78, 5) is 29.2. The van der Waals surface area contributed by atoms with Gasteiger partial charge in [0, 0.05) is 23.3 Å². The van der Waals surface area contributed by atoms with Gasteiger partial charge in [-0.3, -0.25) is 9.59 Å². The van der Waals surface area contributed by atoms with E-state index in [9.17, 15) is 9.59 Å². The summed E-state index contributed by atoms with van der Waals surface area (Å²) in [6.45, 7) is 6.20. The lowest BCUT2D eigenvalue weighted by Crippen LogP contribution is -2.17. The van der Waals surface area contributed by atoms with Crippen LogP contribution in [0.1, 0.15) is 40.0 Å². The number of aryl methyl sites for hydroxylation is 2. The van der Waals surface area contributed by atoms with Crippen LogP contribution in [0, 0.1) is 13.8 Å². The first-order valence-electron chi connectivity index (χ1n) is 9.14. The molecule has 0 atom stereocenters. The van der Waals surface area contributed by atoms with Crippen LogP contribution in [0.5, 0.6) is 5.75 Å². The fourth-order valence-corrected chi connectivity index (χ4v) is 3.84. The summed E-state index contributed by atoms with van der Waals surface area (Å²) in [5.74, 6) is 0.765. The van der Waals surface area contributed by atoms with Crippen molar-refractivity contribution in [2.45, 2.75) is 33.6 Å². The van der Waals surface area contributed by atoms with Crippen LogP contribution in [0.4, 0.5) is 5.00 Å². The normalized spacial score (nSPS) is 10.7. The molecule has 0 fully saturated rings. The van der Waals surface area contributed by atoms with E-state index in [0.29, 0.717) is 28.9 Å². The molecule has 29 heavy (non-hydrogen) atoms. The number of nitrogens with two attached hydrogens (primary N) is 1. The van der Waals surface area contributed by atoms with Crippen LogP contribution < -0.4 is 15.8 Å². The van der Waals surface area contributed by atoms with E-state index >= 15 is 0 Å². The summed E-state index contributed by atoms with van der Waals surface area (Å²) in [6.07, 6.45) is 0.421. The van der Waals surface area contributed by atoms with Crippen LogP contribution in [0.15, 0.2) is 28.8 Å². The monoisotopic (exact) mass is 414 g/mol. The van der Waals surface area contributed by atoms with E-state index < -0.39 is 5.91 Å². The minimum atomic E-state index is -0.556. The number of thiophene rings is 1. The van der Waals surface area contributed by atoms with Gasteiger partial charge in [0.1, 0.15) is 10.8 Å². The van der Waals surface area contributed by atoms with Crippen LogP contribution >= 0.6 is 11.3 Å². The van der Waals surface area contributed by atoms with E-state index in [0.717, 1.165) is 21.8 Å². The number of primary amides is 1. The average Bonchev–Trinajstić information content (AvgIpc) is 3.26. The number of amides is 2. The van der Waals surface area contributed by atoms with Crippen LogP contribution in [-0.4, -0.2) is 28.6 Å². The zero-order valence-electron chi connectivity index (χ0n) is 16.4. The number of carbonyl (C=O) groups is 2. The molecule has 0 aliphatic rings. The van der Waals surface area contributed by atoms with Gasteiger partial charge in [0.2, 0.25) is 17.6 Å². The highest BCUT2D eigenvalue weighted by Gasteiger charge is 2.19. The van der Waals surface area contributed by atoms with Crippen molar-refractivity contribution >= 4 is 28.2 Å². The summed E-state index contributed by atoms with van der Waals surface area (Å²) >= 11 is 1.33. The summed E-state index contributed by atoms with van der Waals surface area (Å²) in [5.41, 5.74) is 7.37. The molecule has 1 aromatic carbocycles. The van der Waals surface area contributed by atoms with Gasteiger partial charge in [0.25, 0.3) is 5.91 Å². The quantitative estimate of drug-likeness (QED) is 0.582. The molecule has 3 N–H and O–H groups in total. The van der Waals surface area contributed by atoms with Crippen LogP contribution in [-0.2, 0) is 11.2 Å². The van der Waals surface area contributed by atoms with Crippen molar-refractivity contribution in [3.63, 3.8) is 0 Å². The second kappa shape index (κ2) is 8.87. The average molecular weight is 414 g/mol. The molecule has 2 aromatic heterocycles. The molecule has 0 saturated heterocycles. The third-order valence-electron chi connectivity index (χ3n) is 4.34. The van der Waals surface area contributed by atoms with Gasteiger partial charge in [-0.15, -0.1) is 11.3 Å². The minimum absolute atomic E-state index is 0.138. The first kappa shape index (κ1) is 20.5. The second-order valence-electron chi connectivity index (χ2n) is 6.37. The molecule has 0 bridgehead atoms. The summed E-state index contributed by atoms with van der Waals surface area (Å²) < 4.78 is 10.6. The first-order valence-corrected chi connectivity index (χ1v) is 9.96. The fraction of sp³-hybridized carbons (Fsp3) is 0.300. The van der Waals surface area contributed by atoms with E-state index in [1.165, 1.54) is 11.3 Å². The maximum atomic E-state index is 12.3. The first-order chi connectivity index (χ1) is 13.9. The Bertz CT molecular complexity index is 1020. The molecule has 0 aliphatic carbocycles. The fourth-order valence-electron chi connectivity index (χ4n) is 2.76. The van der Waals surface area contributed by atoms with Gasteiger partial charge in [-0.1, -0.05) is 5.16 Å². The van der Waals surface area contributed by atoms with Crippen molar-refractivity contribution in [3.05, 3.63) is 46.2 Å². The number of carbonyl (C=O) groups excluding carboxylic acids is 2. The number of nitrogens with zero attached hydrogens (tertiary/aromatic N) is 2. The molecule has 0 unspecified atom stereocenters. The number of benzene rings is 1. The van der Waals surface area contributed by atoms with Gasteiger partial charge >= 0.3 is 0 Å². The van der Waals surface area contributed by atoms with Crippen molar-refractivity contribution in [2.75, 3.05) is 11.9 Å². The molecule has 8 nitrogen and oxygen atoms in total. The predicted molar refractivity (Wildman–Crippen MR) is 110 cm³/mol. The molecule has 152 valence electrons. The van der Waals surface area contributed by atoms with Crippen molar-refractivity contribution in [3.8, 4) is 17.1 Å². The Hall–Kier alpha value is -3.20. The van der Waals surface area contributed by atoms with Crippen molar-refractivity contribution in [2.24, 2.45) is 5.73 Å². The molecule has 9 heteroatoms. The number of nitrogens with one attached hydrogen (secondary N) is 1. The Morgan fingerprint density at radius 2 is 1.97 bits per heavy atom. The lowest BCUT2D eigenvalue weighted by atomic mass is 10.1. The van der Waals surface area contributed by atoms with Crippen molar-refractivity contribution < 1.29 is 18.8 Å². The third-order valence-corrected chi connectivity index (χ3v) is 5.46. The summed E-state index contributed by atoms with van der Waals surface area (Å²) in [6, 6.07) is 7.37. The van der Waals surface area contributed by atoms with Crippen molar-refractivity contribution in [1.82, 2.24) is 10.1 Å². The van der Waals surface area contributed by atoms with Crippen LogP contribution in [0.25, 0.3) is 11.4 Å². The molecule has 2 amide bonds. The highest BCUT2D eigenvalue weighted by Crippen LogP contribution is 2.32. The highest BCUT2D eigenvalue weighted by atomic mass is 32.1. The molecule has 0 saturated carbocycles. The van der Waals surface area contributed by atoms with Crippen LogP contribution in [0.3, 0.4) is 0 Å². The number of ether oxygens (including phenoxy) is 1. The maximum absolute atomic E-state index is 12.3. The largest absolute Gasteiger partial charge is 0.494 e. The summed E-state index contributed by atoms with van der Waals surface area (Å²) in [7, 11) is 0. The van der Waals surface area contributed by atoms with Crippen molar-refractivity contribution in [1.29, 1.82) is 0 Å². The predicted octanol–water partition coefficient (Wildman–Crippen LogP) is 3.48. The molecular weight excluding hydrogens is 392 g/mol. The zero-order chi connectivity index (χ0) is 21.0. The van der Waals surface area contributed by atoms with E-state index in [1.807, 2.05) is 45.0 Å². The Morgan fingerprint density at radius 1 is 1.24 bits per heavy atom. The minimum Gasteiger partial charge on any atom is -0.494 e. The molecule has 0 radical (unpaired) electrons. The number of aromatic nitrogens is 2. The standard InChI is InChI=1S/C20H22N4O4S/c1-4-27-14-7-5-13(6-8-14)19-23-16(28-24-19)10-9-15(25)22-20-17(18(21)26)11(2)12(3)29-20/h5-8H,4,9-10H2,1-3H3,(H2,21,26)(H,22,25). The smallest absolute Gasteiger partial charge is 0.251 e. The molecule has 3 aromatic rings. The van der Waals surface area contributed by atoms with Gasteiger partial charge in [0.15, 0.2) is 0 Å². The van der Waals surface area contributed by atoms with E-state index in [1.54, 1.807) is 0 Å². The maximum Gasteiger partial charge on any atom is 0.251 e. The van der Waals surface area contributed by atoms with Gasteiger partial charge in [-0.05, 0) is 50.6 Å². The zero-order valence-corrected chi connectivity index (χ0v) is 17.3. The highest BCUT2D eigenvalue weighted by molar-refractivity contribution is 7.16. The van der Waals surface area contributed by atoms with Gasteiger partial charge < -0.3 is 20.3 Å². The Balaban J connectivity index is 1.60. The van der Waals surface area contributed by atoms with Gasteiger partial charge in [0.05, 0.1) is 12.2 Å². The van der Waals surface area contributed by atoms with E-state index in [-0.39, 0.29) is 18.7 Å². The Labute approximate surface area is 172 Å². The van der Waals surface area contributed by atoms with E-state index in [4.69, 9.17) is 15.0 Å². The number of hydrogen-bond donors (Lipinski definition) is 2. The molecular formula is C20H22N4O4S. The van der Waals surface area contributed by atoms with E-state index in [2.05, 4.69) is 15.5 Å². The SMILES string of the molecule is CCOc1ccc(-c2noc(CCC(=O)Nc3sc(C)c(C)c3C(N)=O)n2)cc1. The molecule has 2 heterocycles. The Kier molecular flexibility index (Phi) is 6.28. The van der Waals surface area contributed by atoms with Gasteiger partial charge in [-0.25, -0.2) is 0 Å². The summed E-state index contributed by atoms with van der Waals surface area (Å²) in [5, 5.41) is 7.18. The third kappa shape index (κ3) is 4.80. The number of anilines is 1. The molecule has 3 rings (SSSR count). The molecule has 0 aliphatic heterocycles. The molecule has 0 spiro atoms. The number of hydrogen-bond acceptors (Lipinski definition) is 7. The lowest BCUT2D eigenvalue weighted by molar-refractivity contribution is -0.116.